The number of benzene rings is 1. The second-order valence-corrected chi connectivity index (χ2v) is 7.55. The first-order chi connectivity index (χ1) is 12.6. The SMILES string of the molecule is COC1=C(OC)CC2=C3CC(N)[C@H](c4cccc(C)c4)CN3CCC2=C1.Cl. The highest BCUT2D eigenvalue weighted by atomic mass is 35.5. The van der Waals surface area contributed by atoms with E-state index >= 15 is 0 Å². The van der Waals surface area contributed by atoms with Gasteiger partial charge in [0.05, 0.1) is 14.2 Å². The van der Waals surface area contributed by atoms with Gasteiger partial charge in [0.25, 0.3) is 0 Å². The fraction of sp³-hybridized carbons (Fsp3) is 0.455. The van der Waals surface area contributed by atoms with Crippen LogP contribution >= 0.6 is 12.4 Å². The van der Waals surface area contributed by atoms with Crippen molar-refractivity contribution >= 4 is 12.4 Å². The molecule has 0 spiro atoms. The summed E-state index contributed by atoms with van der Waals surface area (Å²) in [5.74, 6) is 2.16. The minimum Gasteiger partial charge on any atom is -0.497 e. The third-order valence-corrected chi connectivity index (χ3v) is 5.99. The number of allylic oxidation sites excluding steroid dienone is 2. The third kappa shape index (κ3) is 3.61. The molecule has 1 saturated heterocycles. The standard InChI is InChI=1S/C22H28N2O2.ClH/c1-14-5-4-6-15(9-14)18-13-24-8-7-16-10-21(25-2)22(26-3)11-17(16)20(24)12-19(18)23;/h4-6,9-10,18-19H,7-8,11-13,23H2,1-3H3;1H/t18-,19?;/m0./s1. The maximum atomic E-state index is 6.66. The average Bonchev–Trinajstić information content (AvgIpc) is 2.66. The van der Waals surface area contributed by atoms with Crippen LogP contribution in [0.25, 0.3) is 0 Å². The van der Waals surface area contributed by atoms with Crippen LogP contribution in [0, 0.1) is 6.92 Å². The first kappa shape index (κ1) is 19.8. The zero-order chi connectivity index (χ0) is 18.3. The van der Waals surface area contributed by atoms with E-state index < -0.39 is 0 Å². The predicted molar refractivity (Wildman–Crippen MR) is 111 cm³/mol. The van der Waals surface area contributed by atoms with E-state index in [1.807, 2.05) is 0 Å². The quantitative estimate of drug-likeness (QED) is 0.849. The number of fused-ring (bicyclic) bond motifs is 2. The molecule has 1 aromatic carbocycles. The van der Waals surface area contributed by atoms with Crippen LogP contribution in [0.1, 0.15) is 36.3 Å². The van der Waals surface area contributed by atoms with Crippen LogP contribution in [0.5, 0.6) is 0 Å². The van der Waals surface area contributed by atoms with Crippen molar-refractivity contribution in [3.05, 3.63) is 69.8 Å². The van der Waals surface area contributed by atoms with E-state index in [0.717, 1.165) is 43.9 Å². The molecule has 0 saturated carbocycles. The summed E-state index contributed by atoms with van der Waals surface area (Å²) in [5.41, 5.74) is 13.5. The molecule has 1 aliphatic carbocycles. The van der Waals surface area contributed by atoms with Gasteiger partial charge in [-0.2, -0.15) is 0 Å². The summed E-state index contributed by atoms with van der Waals surface area (Å²) in [6.45, 7) is 4.20. The van der Waals surface area contributed by atoms with Gasteiger partial charge in [-0.25, -0.2) is 0 Å². The Labute approximate surface area is 168 Å². The number of nitrogens with two attached hydrogens (primary N) is 1. The van der Waals surface area contributed by atoms with Crippen molar-refractivity contribution in [3.8, 4) is 0 Å². The summed E-state index contributed by atoms with van der Waals surface area (Å²) >= 11 is 0. The van der Waals surface area contributed by atoms with Gasteiger partial charge in [-0.1, -0.05) is 29.8 Å². The minimum absolute atomic E-state index is 0. The normalized spacial score (nSPS) is 24.6. The van der Waals surface area contributed by atoms with Gasteiger partial charge in [-0.15, -0.1) is 12.4 Å². The van der Waals surface area contributed by atoms with E-state index in [1.165, 1.54) is 28.0 Å². The number of nitrogens with zero attached hydrogens (tertiary/aromatic N) is 1. The fourth-order valence-corrected chi connectivity index (χ4v) is 4.57. The molecule has 2 aliphatic heterocycles. The van der Waals surface area contributed by atoms with E-state index in [4.69, 9.17) is 15.2 Å². The summed E-state index contributed by atoms with van der Waals surface area (Å²) < 4.78 is 11.1. The first-order valence-corrected chi connectivity index (χ1v) is 9.42. The van der Waals surface area contributed by atoms with E-state index in [1.54, 1.807) is 14.2 Å². The number of aryl methyl sites for hydroxylation is 1. The Morgan fingerprint density at radius 3 is 2.70 bits per heavy atom. The molecule has 2 heterocycles. The van der Waals surface area contributed by atoms with Gasteiger partial charge >= 0.3 is 0 Å². The number of hydrogen-bond donors (Lipinski definition) is 1. The van der Waals surface area contributed by atoms with Crippen LogP contribution in [0.4, 0.5) is 0 Å². The van der Waals surface area contributed by atoms with Crippen molar-refractivity contribution in [2.24, 2.45) is 5.73 Å². The van der Waals surface area contributed by atoms with Crippen LogP contribution in [0.3, 0.4) is 0 Å². The second kappa shape index (κ2) is 7.99. The Hall–Kier alpha value is -1.91. The highest BCUT2D eigenvalue weighted by Gasteiger charge is 2.36. The van der Waals surface area contributed by atoms with Crippen molar-refractivity contribution < 1.29 is 9.47 Å². The smallest absolute Gasteiger partial charge is 0.157 e. The molecular weight excluding hydrogens is 360 g/mol. The first-order valence-electron chi connectivity index (χ1n) is 9.42. The molecule has 5 heteroatoms. The molecule has 4 rings (SSSR count). The molecule has 3 aliphatic rings. The fourth-order valence-electron chi connectivity index (χ4n) is 4.57. The lowest BCUT2D eigenvalue weighted by Crippen LogP contribution is -2.46. The number of halogens is 1. The van der Waals surface area contributed by atoms with Crippen LogP contribution in [-0.2, 0) is 9.47 Å². The molecule has 0 amide bonds. The maximum Gasteiger partial charge on any atom is 0.157 e. The van der Waals surface area contributed by atoms with E-state index in [0.29, 0.717) is 5.92 Å². The molecule has 146 valence electrons. The van der Waals surface area contributed by atoms with Gasteiger partial charge < -0.3 is 20.1 Å². The van der Waals surface area contributed by atoms with E-state index in [-0.39, 0.29) is 18.4 Å². The van der Waals surface area contributed by atoms with Crippen molar-refractivity contribution in [2.75, 3.05) is 27.3 Å². The summed E-state index contributed by atoms with van der Waals surface area (Å²) in [4.78, 5) is 2.55. The number of piperidine rings is 1. The molecule has 1 unspecified atom stereocenters. The average molecular weight is 389 g/mol. The van der Waals surface area contributed by atoms with E-state index in [9.17, 15) is 0 Å². The molecule has 0 radical (unpaired) electrons. The summed E-state index contributed by atoms with van der Waals surface area (Å²) in [5, 5.41) is 0. The Balaban J connectivity index is 0.00000210. The molecule has 0 aromatic heterocycles. The van der Waals surface area contributed by atoms with Crippen LogP contribution in [0.15, 0.2) is 58.7 Å². The predicted octanol–water partition coefficient (Wildman–Crippen LogP) is 4.03. The number of ether oxygens (including phenoxy) is 2. The highest BCUT2D eigenvalue weighted by molar-refractivity contribution is 5.85. The number of hydrogen-bond acceptors (Lipinski definition) is 4. The van der Waals surface area contributed by atoms with Crippen molar-refractivity contribution in [1.82, 2.24) is 4.90 Å². The zero-order valence-corrected chi connectivity index (χ0v) is 17.1. The monoisotopic (exact) mass is 388 g/mol. The van der Waals surface area contributed by atoms with Crippen molar-refractivity contribution in [1.29, 1.82) is 0 Å². The molecule has 27 heavy (non-hydrogen) atoms. The molecule has 0 bridgehead atoms. The minimum atomic E-state index is 0. The molecule has 4 nitrogen and oxygen atoms in total. The van der Waals surface area contributed by atoms with Gasteiger partial charge in [0.2, 0.25) is 0 Å². The topological polar surface area (TPSA) is 47.7 Å². The molecular formula is C22H29ClN2O2. The van der Waals surface area contributed by atoms with Crippen LogP contribution < -0.4 is 5.73 Å². The van der Waals surface area contributed by atoms with Gasteiger partial charge in [0.1, 0.15) is 5.76 Å². The Bertz CT molecular complexity index is 812. The van der Waals surface area contributed by atoms with Crippen molar-refractivity contribution in [2.45, 2.75) is 38.1 Å². The van der Waals surface area contributed by atoms with Gasteiger partial charge in [-0.3, -0.25) is 0 Å². The molecule has 2 atom stereocenters. The summed E-state index contributed by atoms with van der Waals surface area (Å²) in [7, 11) is 3.43. The lowest BCUT2D eigenvalue weighted by atomic mass is 9.79. The lowest BCUT2D eigenvalue weighted by molar-refractivity contribution is 0.211. The number of methoxy groups -OCH3 is 2. The zero-order valence-electron chi connectivity index (χ0n) is 16.3. The number of rotatable bonds is 3. The largest absolute Gasteiger partial charge is 0.497 e. The maximum absolute atomic E-state index is 6.66. The molecule has 2 N–H and O–H groups in total. The Kier molecular flexibility index (Phi) is 5.87. The highest BCUT2D eigenvalue weighted by Crippen LogP contribution is 2.42. The second-order valence-electron chi connectivity index (χ2n) is 7.55. The van der Waals surface area contributed by atoms with Crippen LogP contribution in [0.2, 0.25) is 0 Å². The summed E-state index contributed by atoms with van der Waals surface area (Å²) in [6, 6.07) is 8.95. The lowest BCUT2D eigenvalue weighted by Gasteiger charge is -2.45. The molecule has 1 fully saturated rings. The van der Waals surface area contributed by atoms with Crippen molar-refractivity contribution in [3.63, 3.8) is 0 Å². The Morgan fingerprint density at radius 2 is 2.00 bits per heavy atom. The van der Waals surface area contributed by atoms with Gasteiger partial charge in [0, 0.05) is 43.6 Å². The van der Waals surface area contributed by atoms with Gasteiger partial charge in [0.15, 0.2) is 5.76 Å². The van der Waals surface area contributed by atoms with Crippen LogP contribution in [-0.4, -0.2) is 38.3 Å². The Morgan fingerprint density at radius 1 is 1.19 bits per heavy atom. The summed E-state index contributed by atoms with van der Waals surface area (Å²) in [6.07, 6.45) is 4.93. The van der Waals surface area contributed by atoms with Gasteiger partial charge in [-0.05, 0) is 36.1 Å². The third-order valence-electron chi connectivity index (χ3n) is 5.99. The molecule has 1 aromatic rings. The van der Waals surface area contributed by atoms with E-state index in [2.05, 4.69) is 42.2 Å².